The van der Waals surface area contributed by atoms with Crippen LogP contribution in [0.1, 0.15) is 36.6 Å². The summed E-state index contributed by atoms with van der Waals surface area (Å²) >= 11 is -3.80. The van der Waals surface area contributed by atoms with Crippen molar-refractivity contribution in [2.45, 2.75) is 17.4 Å². The van der Waals surface area contributed by atoms with E-state index in [0.717, 1.165) is 0 Å². The predicted octanol–water partition coefficient (Wildman–Crippen LogP) is 4.84. The molecule has 0 saturated heterocycles. The Morgan fingerprint density at radius 2 is 1.31 bits per heavy atom. The lowest BCUT2D eigenvalue weighted by Crippen LogP contribution is -2.53. The average Bonchev–Trinajstić information content (AvgIpc) is 2.96. The van der Waals surface area contributed by atoms with Crippen molar-refractivity contribution in [3.8, 4) is 0 Å². The highest BCUT2D eigenvalue weighted by Gasteiger charge is 2.51. The number of hydroxylamine groups is 2. The standard InChI is InChI=1S/C14H8F3NO4S.C13H8F3NO4S/c15-14(16,17)23(21)22-18-11(19)7-9-6-5-8-3-1-2-4-10(8)12(9)13(18)20;14-13(15,16)22(20,21)17-11(18)8-5-1-3-7-4-2-6-9(10(7)8)12(17)19/h1-6H,7H2;1-6,22H,(H,20,21). The summed E-state index contributed by atoms with van der Waals surface area (Å²) in [6.45, 7) is 0. The third-order valence-corrected chi connectivity index (χ3v) is 8.89. The van der Waals surface area contributed by atoms with Crippen LogP contribution in [0.5, 0.6) is 0 Å². The molecule has 0 saturated carbocycles. The smallest absolute Gasteiger partial charge is 0.281 e. The molecule has 0 bridgehead atoms. The van der Waals surface area contributed by atoms with Gasteiger partial charge < -0.3 is 0 Å². The number of rotatable bonds is 3. The molecule has 236 valence electrons. The van der Waals surface area contributed by atoms with Crippen molar-refractivity contribution in [3.05, 3.63) is 95.1 Å². The molecular weight excluding hydrogens is 658 g/mol. The Balaban J connectivity index is 0.000000178. The normalized spacial score (nSPS) is 16.4. The molecule has 2 heterocycles. The highest BCUT2D eigenvalue weighted by molar-refractivity contribution is 7.97. The predicted molar refractivity (Wildman–Crippen MR) is 147 cm³/mol. The van der Waals surface area contributed by atoms with Gasteiger partial charge in [0, 0.05) is 5.39 Å². The molecule has 4 amide bonds. The van der Waals surface area contributed by atoms with E-state index in [1.807, 2.05) is 0 Å². The fourth-order valence-corrected chi connectivity index (χ4v) is 6.03. The maximum absolute atomic E-state index is 12.8. The number of hydrogen-bond acceptors (Lipinski definition) is 7. The summed E-state index contributed by atoms with van der Waals surface area (Å²) in [6, 6.07) is 18.4. The van der Waals surface area contributed by atoms with E-state index in [1.165, 1.54) is 24.3 Å². The van der Waals surface area contributed by atoms with Crippen LogP contribution < -0.4 is 0 Å². The molecule has 0 fully saturated rings. The van der Waals surface area contributed by atoms with Crippen LogP contribution in [-0.4, -0.2) is 57.0 Å². The topological polar surface area (TPSA) is 138 Å². The van der Waals surface area contributed by atoms with E-state index in [1.54, 1.807) is 48.5 Å². The zero-order valence-corrected chi connectivity index (χ0v) is 23.7. The third-order valence-electron chi connectivity index (χ3n) is 6.66. The fourth-order valence-electron chi connectivity index (χ4n) is 4.73. The Kier molecular flexibility index (Phi) is 7.89. The summed E-state index contributed by atoms with van der Waals surface area (Å²) in [6.07, 6.45) is -0.318. The van der Waals surface area contributed by atoms with Gasteiger partial charge in [0.05, 0.1) is 23.1 Å². The second-order valence-electron chi connectivity index (χ2n) is 9.39. The number of halogens is 6. The Bertz CT molecular complexity index is 1960. The van der Waals surface area contributed by atoms with Crippen LogP contribution >= 0.6 is 0 Å². The number of amides is 4. The zero-order chi connectivity index (χ0) is 33.1. The first-order valence-electron chi connectivity index (χ1n) is 12.3. The van der Waals surface area contributed by atoms with Crippen molar-refractivity contribution < 1.29 is 62.8 Å². The van der Waals surface area contributed by atoms with Crippen molar-refractivity contribution in [2.75, 3.05) is 0 Å². The molecule has 1 unspecified atom stereocenters. The van der Waals surface area contributed by atoms with Crippen LogP contribution in [0.25, 0.3) is 21.5 Å². The number of nitrogens with zero attached hydrogens (tertiary/aromatic N) is 2. The number of fused-ring (bicyclic) bond motifs is 3. The molecule has 4 aromatic rings. The molecule has 0 spiro atoms. The van der Waals surface area contributed by atoms with E-state index in [4.69, 9.17) is 0 Å². The second kappa shape index (κ2) is 11.1. The van der Waals surface area contributed by atoms with Gasteiger partial charge in [0.15, 0.2) is 0 Å². The molecule has 0 aliphatic carbocycles. The van der Waals surface area contributed by atoms with E-state index >= 15 is 0 Å². The number of alkyl halides is 6. The maximum Gasteiger partial charge on any atom is 0.507 e. The molecule has 0 radical (unpaired) electrons. The molecule has 2 aliphatic rings. The van der Waals surface area contributed by atoms with Crippen LogP contribution in [-0.2, 0) is 37.0 Å². The van der Waals surface area contributed by atoms with Gasteiger partial charge in [0.25, 0.3) is 34.7 Å². The first-order valence-corrected chi connectivity index (χ1v) is 15.0. The molecule has 6 rings (SSSR count). The molecule has 1 N–H and O–H groups in total. The number of carbonyl (C=O) groups excluding carboxylic acids is 4. The van der Waals surface area contributed by atoms with Crippen molar-refractivity contribution in [3.63, 3.8) is 0 Å². The van der Waals surface area contributed by atoms with E-state index in [2.05, 4.69) is 4.28 Å². The molecular formula is C27H16F6N2O8S2. The molecule has 18 heteroatoms. The van der Waals surface area contributed by atoms with Crippen LogP contribution in [0.2, 0.25) is 0 Å². The number of hydrogen-bond donors (Lipinski definition) is 2. The Hall–Kier alpha value is -4.52. The van der Waals surface area contributed by atoms with Crippen LogP contribution in [0.3, 0.4) is 0 Å². The summed E-state index contributed by atoms with van der Waals surface area (Å²) in [4.78, 5) is 48.6. The monoisotopic (exact) mass is 674 g/mol. The van der Waals surface area contributed by atoms with Crippen molar-refractivity contribution in [1.82, 2.24) is 9.37 Å². The van der Waals surface area contributed by atoms with Crippen LogP contribution in [0.15, 0.2) is 72.8 Å². The van der Waals surface area contributed by atoms with Gasteiger partial charge in [-0.05, 0) is 44.3 Å². The van der Waals surface area contributed by atoms with Gasteiger partial charge in [-0.25, -0.2) is 4.21 Å². The summed E-state index contributed by atoms with van der Waals surface area (Å²) in [7, 11) is -6.19. The third kappa shape index (κ3) is 5.49. The minimum Gasteiger partial charge on any atom is -0.281 e. The lowest BCUT2D eigenvalue weighted by atomic mass is 9.93. The van der Waals surface area contributed by atoms with E-state index < -0.39 is 60.4 Å². The van der Waals surface area contributed by atoms with Crippen LogP contribution in [0, 0.1) is 0 Å². The Labute approximate surface area is 251 Å². The number of carbonyl (C=O) groups is 4. The molecule has 45 heavy (non-hydrogen) atoms. The average molecular weight is 675 g/mol. The number of imide groups is 2. The molecule has 1 atom stereocenters. The summed E-state index contributed by atoms with van der Waals surface area (Å²) in [5, 5.41) is 1.76. The highest BCUT2D eigenvalue weighted by atomic mass is 32.3. The molecule has 4 aromatic carbocycles. The molecule has 0 aromatic heterocycles. The van der Waals surface area contributed by atoms with Gasteiger partial charge in [0.2, 0.25) is 0 Å². The summed E-state index contributed by atoms with van der Waals surface area (Å²) in [5.41, 5.74) is -10.8. The van der Waals surface area contributed by atoms with Gasteiger partial charge >= 0.3 is 11.0 Å². The van der Waals surface area contributed by atoms with Gasteiger partial charge in [0.1, 0.15) is 0 Å². The van der Waals surface area contributed by atoms with Gasteiger partial charge in [-0.15, -0.1) is 5.06 Å². The van der Waals surface area contributed by atoms with Crippen molar-refractivity contribution in [2.24, 2.45) is 0 Å². The first-order chi connectivity index (χ1) is 20.9. The van der Waals surface area contributed by atoms with Crippen molar-refractivity contribution >= 4 is 66.7 Å². The molecule has 2 aliphatic heterocycles. The minimum absolute atomic E-state index is 0.0711. The lowest BCUT2D eigenvalue weighted by molar-refractivity contribution is -0.149. The fraction of sp³-hybridized carbons (Fsp3) is 0.111. The Morgan fingerprint density at radius 3 is 1.87 bits per heavy atom. The minimum atomic E-state index is -6.19. The number of benzene rings is 4. The van der Waals surface area contributed by atoms with Gasteiger partial charge in [-0.1, -0.05) is 60.7 Å². The first kappa shape index (κ1) is 31.9. The largest absolute Gasteiger partial charge is 0.507 e. The Morgan fingerprint density at radius 1 is 0.756 bits per heavy atom. The van der Waals surface area contributed by atoms with Crippen LogP contribution in [0.4, 0.5) is 26.3 Å². The lowest BCUT2D eigenvalue weighted by Gasteiger charge is -2.37. The number of thiol groups is 1. The zero-order valence-electron chi connectivity index (χ0n) is 22.0. The quantitative estimate of drug-likeness (QED) is 0.179. The highest BCUT2D eigenvalue weighted by Crippen LogP contribution is 2.38. The SMILES string of the molecule is O=C1Cc2ccc3ccccc3c2C(=O)N1OS(=O)C(F)(F)F.O=C1c2cccc3cccc(c23)C(=O)N1[SH](=O)(O)C(F)(F)F. The van der Waals surface area contributed by atoms with Gasteiger partial charge in [-0.2, -0.15) is 39.1 Å². The van der Waals surface area contributed by atoms with Gasteiger partial charge in [-0.3, -0.25) is 23.7 Å². The van der Waals surface area contributed by atoms with Crippen molar-refractivity contribution in [1.29, 1.82) is 0 Å². The van der Waals surface area contributed by atoms with E-state index in [-0.39, 0.29) is 33.6 Å². The molecule has 10 nitrogen and oxygen atoms in total. The summed E-state index contributed by atoms with van der Waals surface area (Å²) in [5.74, 6) is -4.93. The van der Waals surface area contributed by atoms with E-state index in [9.17, 15) is 58.5 Å². The second-order valence-corrected chi connectivity index (χ2v) is 12.5. The maximum atomic E-state index is 12.8. The van der Waals surface area contributed by atoms with E-state index in [0.29, 0.717) is 21.7 Å². The summed E-state index contributed by atoms with van der Waals surface area (Å²) < 4.78 is 111.